The van der Waals surface area contributed by atoms with E-state index in [9.17, 15) is 4.79 Å². The maximum absolute atomic E-state index is 12.7. The second-order valence-corrected chi connectivity index (χ2v) is 6.22. The molecule has 0 aliphatic rings. The minimum Gasteiger partial charge on any atom is -0.496 e. The largest absolute Gasteiger partial charge is 0.496 e. The third kappa shape index (κ3) is 3.98. The lowest BCUT2D eigenvalue weighted by molar-refractivity contribution is 0.0946. The van der Waals surface area contributed by atoms with Crippen LogP contribution >= 0.6 is 0 Å². The highest BCUT2D eigenvalue weighted by molar-refractivity contribution is 5.98. The molecule has 0 aliphatic carbocycles. The van der Waals surface area contributed by atoms with Crippen LogP contribution in [0.2, 0.25) is 0 Å². The van der Waals surface area contributed by atoms with Gasteiger partial charge in [-0.05, 0) is 53.6 Å². The molecule has 1 N–H and O–H groups in total. The van der Waals surface area contributed by atoms with Gasteiger partial charge in [-0.2, -0.15) is 0 Å². The number of carbonyl (C=O) groups excluding carboxylic acids is 1. The highest BCUT2D eigenvalue weighted by Gasteiger charge is 2.19. The Labute approximate surface area is 167 Å². The number of hydrogen-bond acceptors (Lipinski definition) is 6. The number of hydrogen-bond donors (Lipinski definition) is 1. The summed E-state index contributed by atoms with van der Waals surface area (Å²) < 4.78 is 11.0. The fraction of sp³-hybridized carbons (Fsp3) is 0.0909. The number of benzene rings is 1. The molecular formula is C22H18N4O3. The molecule has 0 bridgehead atoms. The molecule has 29 heavy (non-hydrogen) atoms. The van der Waals surface area contributed by atoms with Gasteiger partial charge >= 0.3 is 0 Å². The number of rotatable bonds is 6. The Balaban J connectivity index is 1.63. The zero-order valence-electron chi connectivity index (χ0n) is 15.7. The average Bonchev–Trinajstić information content (AvgIpc) is 3.28. The lowest BCUT2D eigenvalue weighted by Gasteiger charge is -2.11. The maximum Gasteiger partial charge on any atom is 0.274 e. The van der Waals surface area contributed by atoms with Crippen LogP contribution in [0.5, 0.6) is 5.75 Å². The number of nitrogens with zero attached hydrogens (tertiary/aromatic N) is 3. The van der Waals surface area contributed by atoms with Gasteiger partial charge in [0.1, 0.15) is 5.75 Å². The Morgan fingerprint density at radius 1 is 1.00 bits per heavy atom. The first-order chi connectivity index (χ1) is 14.3. The Morgan fingerprint density at radius 3 is 2.45 bits per heavy atom. The molecular weight excluding hydrogens is 368 g/mol. The normalized spacial score (nSPS) is 10.5. The van der Waals surface area contributed by atoms with Crippen LogP contribution in [-0.4, -0.2) is 28.0 Å². The molecule has 0 saturated carbocycles. The van der Waals surface area contributed by atoms with E-state index in [4.69, 9.17) is 9.15 Å². The summed E-state index contributed by atoms with van der Waals surface area (Å²) in [5.41, 5.74) is 3.71. The van der Waals surface area contributed by atoms with Crippen LogP contribution in [0.15, 0.2) is 78.1 Å². The van der Waals surface area contributed by atoms with Gasteiger partial charge in [0, 0.05) is 42.5 Å². The molecule has 0 radical (unpaired) electrons. The fourth-order valence-corrected chi connectivity index (χ4v) is 2.99. The number of amides is 1. The van der Waals surface area contributed by atoms with Crippen LogP contribution in [0.25, 0.3) is 22.5 Å². The average molecular weight is 386 g/mol. The summed E-state index contributed by atoms with van der Waals surface area (Å²) in [5.74, 6) is 0.796. The van der Waals surface area contributed by atoms with E-state index in [-0.39, 0.29) is 11.6 Å². The van der Waals surface area contributed by atoms with E-state index < -0.39 is 0 Å². The summed E-state index contributed by atoms with van der Waals surface area (Å²) in [6.07, 6.45) is 8.07. The van der Waals surface area contributed by atoms with E-state index >= 15 is 0 Å². The predicted molar refractivity (Wildman–Crippen MR) is 107 cm³/mol. The maximum atomic E-state index is 12.7. The molecule has 7 nitrogen and oxygen atoms in total. The van der Waals surface area contributed by atoms with Crippen LogP contribution in [-0.2, 0) is 6.54 Å². The van der Waals surface area contributed by atoms with Gasteiger partial charge in [-0.1, -0.05) is 0 Å². The fourth-order valence-electron chi connectivity index (χ4n) is 2.99. The Morgan fingerprint density at radius 2 is 1.72 bits per heavy atom. The van der Waals surface area contributed by atoms with E-state index in [1.807, 2.05) is 42.5 Å². The van der Waals surface area contributed by atoms with Crippen LogP contribution in [0.1, 0.15) is 16.1 Å². The number of oxazole rings is 1. The van der Waals surface area contributed by atoms with E-state index in [1.165, 1.54) is 6.39 Å². The minimum absolute atomic E-state index is 0.227. The molecule has 0 spiro atoms. The summed E-state index contributed by atoms with van der Waals surface area (Å²) in [6, 6.07) is 13.1. The van der Waals surface area contributed by atoms with Crippen molar-refractivity contribution in [3.05, 3.63) is 84.9 Å². The van der Waals surface area contributed by atoms with Crippen molar-refractivity contribution in [1.29, 1.82) is 0 Å². The lowest BCUT2D eigenvalue weighted by Crippen LogP contribution is -2.23. The molecule has 0 atom stereocenters. The van der Waals surface area contributed by atoms with Crippen molar-refractivity contribution in [3.8, 4) is 28.2 Å². The SMILES string of the molecule is COc1ccc(-c2ocnc2C(=O)NCc2ccncc2)cc1-c1ccncc1. The zero-order chi connectivity index (χ0) is 20.1. The number of aromatic nitrogens is 3. The van der Waals surface area contributed by atoms with Crippen LogP contribution in [0, 0.1) is 0 Å². The second-order valence-electron chi connectivity index (χ2n) is 6.22. The first-order valence-corrected chi connectivity index (χ1v) is 8.95. The van der Waals surface area contributed by atoms with Gasteiger partial charge in [0.15, 0.2) is 17.8 Å². The van der Waals surface area contributed by atoms with Crippen molar-refractivity contribution in [3.63, 3.8) is 0 Å². The summed E-state index contributed by atoms with van der Waals surface area (Å²) in [6.45, 7) is 0.374. The summed E-state index contributed by atoms with van der Waals surface area (Å²) in [4.78, 5) is 24.8. The molecule has 4 aromatic rings. The minimum atomic E-state index is -0.313. The summed E-state index contributed by atoms with van der Waals surface area (Å²) in [5, 5.41) is 2.86. The van der Waals surface area contributed by atoms with E-state index in [0.717, 1.165) is 22.3 Å². The van der Waals surface area contributed by atoms with Gasteiger partial charge in [-0.25, -0.2) is 4.98 Å². The van der Waals surface area contributed by atoms with Gasteiger partial charge in [-0.15, -0.1) is 0 Å². The Bertz CT molecular complexity index is 1110. The molecule has 144 valence electrons. The van der Waals surface area contributed by atoms with Gasteiger partial charge in [0.05, 0.1) is 7.11 Å². The molecule has 1 aromatic carbocycles. The van der Waals surface area contributed by atoms with Gasteiger partial charge in [0.2, 0.25) is 0 Å². The standard InChI is InChI=1S/C22H18N4O3/c1-28-19-3-2-17(12-18(19)16-6-10-24-11-7-16)21-20(26-14-29-21)22(27)25-13-15-4-8-23-9-5-15/h2-12,14H,13H2,1H3,(H,25,27). The van der Waals surface area contributed by atoms with Crippen LogP contribution in [0.4, 0.5) is 0 Å². The topological polar surface area (TPSA) is 90.1 Å². The van der Waals surface area contributed by atoms with Gasteiger partial charge in [-0.3, -0.25) is 14.8 Å². The van der Waals surface area contributed by atoms with E-state index in [1.54, 1.807) is 31.9 Å². The van der Waals surface area contributed by atoms with Crippen molar-refractivity contribution < 1.29 is 13.9 Å². The van der Waals surface area contributed by atoms with Crippen molar-refractivity contribution in [2.75, 3.05) is 7.11 Å². The Hall–Kier alpha value is -4.00. The van der Waals surface area contributed by atoms with Crippen molar-refractivity contribution in [1.82, 2.24) is 20.3 Å². The molecule has 1 amide bonds. The highest BCUT2D eigenvalue weighted by atomic mass is 16.5. The van der Waals surface area contributed by atoms with E-state index in [2.05, 4.69) is 20.3 Å². The van der Waals surface area contributed by atoms with Gasteiger partial charge < -0.3 is 14.5 Å². The summed E-state index contributed by atoms with van der Waals surface area (Å²) in [7, 11) is 1.62. The van der Waals surface area contributed by atoms with Crippen LogP contribution in [0.3, 0.4) is 0 Å². The predicted octanol–water partition coefficient (Wildman–Crippen LogP) is 3.74. The van der Waals surface area contributed by atoms with Gasteiger partial charge in [0.25, 0.3) is 5.91 Å². The van der Waals surface area contributed by atoms with Crippen LogP contribution < -0.4 is 10.1 Å². The highest BCUT2D eigenvalue weighted by Crippen LogP contribution is 2.35. The molecule has 3 heterocycles. The molecule has 0 saturated heterocycles. The molecule has 0 aliphatic heterocycles. The summed E-state index contributed by atoms with van der Waals surface area (Å²) >= 11 is 0. The quantitative estimate of drug-likeness (QED) is 0.543. The van der Waals surface area contributed by atoms with Crippen molar-refractivity contribution in [2.24, 2.45) is 0 Å². The first kappa shape index (κ1) is 18.4. The molecule has 3 aromatic heterocycles. The molecule has 4 rings (SSSR count). The molecule has 7 heteroatoms. The molecule has 0 fully saturated rings. The number of nitrogens with one attached hydrogen (secondary N) is 1. The second kappa shape index (κ2) is 8.35. The number of pyridine rings is 2. The van der Waals surface area contributed by atoms with Crippen molar-refractivity contribution in [2.45, 2.75) is 6.54 Å². The third-order valence-corrected chi connectivity index (χ3v) is 4.44. The monoisotopic (exact) mass is 386 g/mol. The number of methoxy groups -OCH3 is 1. The first-order valence-electron chi connectivity index (χ1n) is 8.95. The zero-order valence-corrected chi connectivity index (χ0v) is 15.7. The third-order valence-electron chi connectivity index (χ3n) is 4.44. The number of ether oxygens (including phenoxy) is 1. The lowest BCUT2D eigenvalue weighted by atomic mass is 10.0. The number of carbonyl (C=O) groups is 1. The van der Waals surface area contributed by atoms with E-state index in [0.29, 0.717) is 18.1 Å². The smallest absolute Gasteiger partial charge is 0.274 e. The molecule has 0 unspecified atom stereocenters. The Kier molecular flexibility index (Phi) is 5.29. The van der Waals surface area contributed by atoms with Crippen molar-refractivity contribution >= 4 is 5.91 Å².